The predicted octanol–water partition coefficient (Wildman–Crippen LogP) is 4.79. The van der Waals surface area contributed by atoms with Gasteiger partial charge in [-0.3, -0.25) is 9.69 Å². The van der Waals surface area contributed by atoms with Crippen LogP contribution in [0.5, 0.6) is 0 Å². The van der Waals surface area contributed by atoms with E-state index in [9.17, 15) is 4.79 Å². The molecule has 27 heavy (non-hydrogen) atoms. The second-order valence-electron chi connectivity index (χ2n) is 8.40. The molecule has 0 aliphatic heterocycles. The first-order valence-corrected chi connectivity index (χ1v) is 10.3. The highest BCUT2D eigenvalue weighted by molar-refractivity contribution is 5.83. The fourth-order valence-corrected chi connectivity index (χ4v) is 3.69. The van der Waals surface area contributed by atoms with Crippen LogP contribution >= 0.6 is 0 Å². The Labute approximate surface area is 162 Å². The number of amides is 1. The Kier molecular flexibility index (Phi) is 5.31. The minimum atomic E-state index is -0.205. The number of nitrogens with one attached hydrogen (secondary N) is 1. The molecule has 4 rings (SSSR count). The van der Waals surface area contributed by atoms with E-state index < -0.39 is 0 Å². The standard InChI is InChI=1S/C24H30N2O/c1-17(2)19-10-8-18(9-11-19)16-26(22-14-15-22)23(20-6-4-3-5-7-20)24(27)25-21-12-13-21/h3-11,17,21-23H,12-16H2,1-2H3,(H,25,27)/t23-/m0/s1. The third-order valence-corrected chi connectivity index (χ3v) is 5.65. The number of hydrogen-bond donors (Lipinski definition) is 1. The van der Waals surface area contributed by atoms with E-state index >= 15 is 0 Å². The summed E-state index contributed by atoms with van der Waals surface area (Å²) >= 11 is 0. The molecule has 2 aliphatic carbocycles. The summed E-state index contributed by atoms with van der Waals surface area (Å²) in [6.07, 6.45) is 4.61. The molecule has 1 atom stereocenters. The Hall–Kier alpha value is -2.13. The van der Waals surface area contributed by atoms with Crippen LogP contribution in [0.3, 0.4) is 0 Å². The van der Waals surface area contributed by atoms with Crippen molar-refractivity contribution in [1.82, 2.24) is 10.2 Å². The van der Waals surface area contributed by atoms with E-state index in [1.807, 2.05) is 18.2 Å². The molecule has 0 spiro atoms. The maximum Gasteiger partial charge on any atom is 0.242 e. The molecule has 2 saturated carbocycles. The highest BCUT2D eigenvalue weighted by atomic mass is 16.2. The summed E-state index contributed by atoms with van der Waals surface area (Å²) in [5, 5.41) is 3.24. The first-order valence-electron chi connectivity index (χ1n) is 10.3. The summed E-state index contributed by atoms with van der Waals surface area (Å²) in [5.74, 6) is 0.703. The van der Waals surface area contributed by atoms with Crippen molar-refractivity contribution in [3.8, 4) is 0 Å². The fourth-order valence-electron chi connectivity index (χ4n) is 3.69. The first kappa shape index (κ1) is 18.2. The van der Waals surface area contributed by atoms with Crippen molar-refractivity contribution < 1.29 is 4.79 Å². The second kappa shape index (κ2) is 7.85. The molecule has 0 radical (unpaired) electrons. The molecule has 3 heteroatoms. The molecule has 0 heterocycles. The molecule has 2 fully saturated rings. The Morgan fingerprint density at radius 1 is 0.963 bits per heavy atom. The van der Waals surface area contributed by atoms with Crippen LogP contribution in [0.15, 0.2) is 54.6 Å². The Bertz CT molecular complexity index is 761. The van der Waals surface area contributed by atoms with Gasteiger partial charge in [0.15, 0.2) is 0 Å². The number of benzene rings is 2. The molecule has 1 N–H and O–H groups in total. The fraction of sp³-hybridized carbons (Fsp3) is 0.458. The molecule has 1 amide bonds. The van der Waals surface area contributed by atoms with Crippen molar-refractivity contribution in [3.63, 3.8) is 0 Å². The van der Waals surface area contributed by atoms with Gasteiger partial charge in [-0.05, 0) is 48.3 Å². The van der Waals surface area contributed by atoms with Crippen LogP contribution in [0.2, 0.25) is 0 Å². The van der Waals surface area contributed by atoms with Gasteiger partial charge in [0.2, 0.25) is 5.91 Å². The monoisotopic (exact) mass is 362 g/mol. The molecule has 0 saturated heterocycles. The largest absolute Gasteiger partial charge is 0.352 e. The van der Waals surface area contributed by atoms with E-state index in [0.29, 0.717) is 18.0 Å². The summed E-state index contributed by atoms with van der Waals surface area (Å²) < 4.78 is 0. The van der Waals surface area contributed by atoms with Crippen LogP contribution in [0, 0.1) is 0 Å². The maximum absolute atomic E-state index is 13.1. The van der Waals surface area contributed by atoms with E-state index in [-0.39, 0.29) is 11.9 Å². The number of rotatable bonds is 8. The van der Waals surface area contributed by atoms with Gasteiger partial charge in [-0.15, -0.1) is 0 Å². The predicted molar refractivity (Wildman–Crippen MR) is 109 cm³/mol. The third-order valence-electron chi connectivity index (χ3n) is 5.65. The summed E-state index contributed by atoms with van der Waals surface area (Å²) in [4.78, 5) is 15.6. The highest BCUT2D eigenvalue weighted by Crippen LogP contribution is 2.36. The Balaban J connectivity index is 1.59. The molecule has 142 valence electrons. The zero-order valence-electron chi connectivity index (χ0n) is 16.4. The topological polar surface area (TPSA) is 32.3 Å². The lowest BCUT2D eigenvalue weighted by molar-refractivity contribution is -0.127. The van der Waals surface area contributed by atoms with Crippen molar-refractivity contribution in [1.29, 1.82) is 0 Å². The SMILES string of the molecule is CC(C)c1ccc(CN(C2CC2)[C@H](C(=O)NC2CC2)c2ccccc2)cc1. The number of hydrogen-bond acceptors (Lipinski definition) is 2. The van der Waals surface area contributed by atoms with Crippen LogP contribution in [0.1, 0.15) is 68.2 Å². The second-order valence-corrected chi connectivity index (χ2v) is 8.40. The number of nitrogens with zero attached hydrogens (tertiary/aromatic N) is 1. The van der Waals surface area contributed by atoms with Crippen molar-refractivity contribution in [3.05, 3.63) is 71.3 Å². The summed E-state index contributed by atoms with van der Waals surface area (Å²) in [7, 11) is 0. The van der Waals surface area contributed by atoms with Crippen molar-refractivity contribution in [2.75, 3.05) is 0 Å². The lowest BCUT2D eigenvalue weighted by Gasteiger charge is -2.31. The van der Waals surface area contributed by atoms with E-state index in [4.69, 9.17) is 0 Å². The zero-order valence-corrected chi connectivity index (χ0v) is 16.4. The lowest BCUT2D eigenvalue weighted by Crippen LogP contribution is -2.42. The summed E-state index contributed by atoms with van der Waals surface area (Å²) in [6.45, 7) is 5.26. The summed E-state index contributed by atoms with van der Waals surface area (Å²) in [5.41, 5.74) is 3.75. The average molecular weight is 363 g/mol. The van der Waals surface area contributed by atoms with Crippen molar-refractivity contribution in [2.45, 2.75) is 70.1 Å². The lowest BCUT2D eigenvalue weighted by atomic mass is 10.00. The number of carbonyl (C=O) groups excluding carboxylic acids is 1. The summed E-state index contributed by atoms with van der Waals surface area (Å²) in [6, 6.07) is 19.9. The van der Waals surface area contributed by atoms with E-state index in [0.717, 1.165) is 24.9 Å². The normalized spacial score (nSPS) is 17.9. The molecule has 0 unspecified atom stereocenters. The Morgan fingerprint density at radius 3 is 2.19 bits per heavy atom. The number of carbonyl (C=O) groups is 1. The minimum Gasteiger partial charge on any atom is -0.352 e. The van der Waals surface area contributed by atoms with Crippen LogP contribution in [0.25, 0.3) is 0 Å². The van der Waals surface area contributed by atoms with Gasteiger partial charge in [0.25, 0.3) is 0 Å². The quantitative estimate of drug-likeness (QED) is 0.732. The van der Waals surface area contributed by atoms with Crippen molar-refractivity contribution in [2.24, 2.45) is 0 Å². The van der Waals surface area contributed by atoms with Gasteiger partial charge in [0, 0.05) is 18.6 Å². The van der Waals surface area contributed by atoms with Gasteiger partial charge in [0.1, 0.15) is 6.04 Å². The molecular weight excluding hydrogens is 332 g/mol. The highest BCUT2D eigenvalue weighted by Gasteiger charge is 2.39. The molecule has 2 aromatic rings. The van der Waals surface area contributed by atoms with Gasteiger partial charge in [-0.1, -0.05) is 68.4 Å². The van der Waals surface area contributed by atoms with Gasteiger partial charge < -0.3 is 5.32 Å². The van der Waals surface area contributed by atoms with Crippen LogP contribution in [0.4, 0.5) is 0 Å². The molecule has 2 aliphatic rings. The molecule has 2 aromatic carbocycles. The van der Waals surface area contributed by atoms with Crippen LogP contribution < -0.4 is 5.32 Å². The average Bonchev–Trinajstić information content (AvgIpc) is 3.57. The van der Waals surface area contributed by atoms with Gasteiger partial charge in [0.05, 0.1) is 0 Å². The molecule has 3 nitrogen and oxygen atoms in total. The minimum absolute atomic E-state index is 0.161. The van der Waals surface area contributed by atoms with Crippen LogP contribution in [-0.4, -0.2) is 22.9 Å². The van der Waals surface area contributed by atoms with Crippen LogP contribution in [-0.2, 0) is 11.3 Å². The van der Waals surface area contributed by atoms with E-state index in [1.54, 1.807) is 0 Å². The smallest absolute Gasteiger partial charge is 0.242 e. The Morgan fingerprint density at radius 2 is 1.63 bits per heavy atom. The van der Waals surface area contributed by atoms with Gasteiger partial charge in [-0.25, -0.2) is 0 Å². The first-order chi connectivity index (χ1) is 13.1. The van der Waals surface area contributed by atoms with E-state index in [2.05, 4.69) is 60.5 Å². The maximum atomic E-state index is 13.1. The van der Waals surface area contributed by atoms with E-state index in [1.165, 1.54) is 24.0 Å². The molecule has 0 aromatic heterocycles. The molecule has 0 bridgehead atoms. The van der Waals surface area contributed by atoms with Gasteiger partial charge in [-0.2, -0.15) is 0 Å². The van der Waals surface area contributed by atoms with Gasteiger partial charge >= 0.3 is 0 Å². The third kappa shape index (κ3) is 4.59. The zero-order chi connectivity index (χ0) is 18.8. The molecular formula is C24H30N2O. The van der Waals surface area contributed by atoms with Crippen molar-refractivity contribution >= 4 is 5.91 Å².